The number of benzene rings is 1. The summed E-state index contributed by atoms with van der Waals surface area (Å²) in [6.07, 6.45) is 1.04. The van der Waals surface area contributed by atoms with E-state index >= 15 is 0 Å². The van der Waals surface area contributed by atoms with Gasteiger partial charge >= 0.3 is 0 Å². The Bertz CT molecular complexity index is 330. The summed E-state index contributed by atoms with van der Waals surface area (Å²) in [4.78, 5) is 0. The van der Waals surface area contributed by atoms with E-state index in [1.54, 1.807) is 6.07 Å². The average Bonchev–Trinajstić information content (AvgIpc) is 2.04. The van der Waals surface area contributed by atoms with Gasteiger partial charge in [-0.2, -0.15) is 5.26 Å². The molecule has 1 aromatic carbocycles. The number of nitrogens with one attached hydrogen (secondary N) is 1. The van der Waals surface area contributed by atoms with Gasteiger partial charge in [0.25, 0.3) is 0 Å². The van der Waals surface area contributed by atoms with E-state index in [0.29, 0.717) is 11.1 Å². The summed E-state index contributed by atoms with van der Waals surface area (Å²) in [5.41, 5.74) is 0.817. The minimum atomic E-state index is -0.0287. The van der Waals surface area contributed by atoms with Gasteiger partial charge in [0, 0.05) is 11.8 Å². The molecule has 0 heterocycles. The Kier molecular flexibility index (Phi) is 3.81. The highest BCUT2D eigenvalue weighted by atomic mass is 35.5. The highest BCUT2D eigenvalue weighted by Gasteiger charge is 1.97. The average molecular weight is 183 g/mol. The van der Waals surface area contributed by atoms with Crippen molar-refractivity contribution >= 4 is 18.6 Å². The number of nitrogens with zero attached hydrogens (tertiary/aromatic N) is 1. The van der Waals surface area contributed by atoms with Gasteiger partial charge < -0.3 is 10.5 Å². The number of phenolic OH excluding ortho intramolecular Hbond substituents is 1. The van der Waals surface area contributed by atoms with Crippen molar-refractivity contribution in [2.45, 2.75) is 0 Å². The first-order valence-corrected chi connectivity index (χ1v) is 3.01. The molecular formula is C8H7ClN2O. The lowest BCUT2D eigenvalue weighted by molar-refractivity contribution is 0.474. The standard InChI is InChI=1S/C8H6N2O.ClH/c9-4-6-1-2-7(5-10)8(11)3-6;/h1-3,5,10-11H;1H. The van der Waals surface area contributed by atoms with E-state index < -0.39 is 0 Å². The van der Waals surface area contributed by atoms with Crippen LogP contribution in [0.5, 0.6) is 5.75 Å². The molecule has 0 saturated heterocycles. The monoisotopic (exact) mass is 182 g/mol. The molecule has 0 aliphatic rings. The van der Waals surface area contributed by atoms with Crippen LogP contribution in [0.15, 0.2) is 18.2 Å². The van der Waals surface area contributed by atoms with Crippen molar-refractivity contribution in [1.29, 1.82) is 10.7 Å². The predicted octanol–water partition coefficient (Wildman–Crippen LogP) is 1.68. The lowest BCUT2D eigenvalue weighted by atomic mass is 10.1. The van der Waals surface area contributed by atoms with Crippen LogP contribution in [0, 0.1) is 16.7 Å². The molecule has 4 heteroatoms. The minimum absolute atomic E-state index is 0. The molecule has 0 fully saturated rings. The Balaban J connectivity index is 0.00000121. The fourth-order valence-corrected chi connectivity index (χ4v) is 0.735. The number of hydrogen-bond acceptors (Lipinski definition) is 3. The maximum atomic E-state index is 9.12. The quantitative estimate of drug-likeness (QED) is 0.649. The van der Waals surface area contributed by atoms with Gasteiger partial charge in [-0.25, -0.2) is 0 Å². The summed E-state index contributed by atoms with van der Waals surface area (Å²) in [5.74, 6) is -0.0287. The lowest BCUT2D eigenvalue weighted by Crippen LogP contribution is -1.81. The zero-order valence-electron chi connectivity index (χ0n) is 6.11. The van der Waals surface area contributed by atoms with Crippen LogP contribution in [0.2, 0.25) is 0 Å². The fraction of sp³-hybridized carbons (Fsp3) is 0. The van der Waals surface area contributed by atoms with Gasteiger partial charge in [0.1, 0.15) is 5.75 Å². The third-order valence-corrected chi connectivity index (χ3v) is 1.32. The van der Waals surface area contributed by atoms with Gasteiger partial charge in [0.2, 0.25) is 0 Å². The number of rotatable bonds is 1. The lowest BCUT2D eigenvalue weighted by Gasteiger charge is -1.96. The molecule has 0 saturated carbocycles. The Morgan fingerprint density at radius 2 is 2.17 bits per heavy atom. The molecule has 0 aliphatic heterocycles. The minimum Gasteiger partial charge on any atom is -0.507 e. The first kappa shape index (κ1) is 10.5. The zero-order chi connectivity index (χ0) is 8.27. The number of phenols is 1. The van der Waals surface area contributed by atoms with E-state index in [1.807, 2.05) is 6.07 Å². The SMILES string of the molecule is Cl.N#Cc1ccc(C=N)c(O)c1. The molecule has 0 aliphatic carbocycles. The second-order valence-corrected chi connectivity index (χ2v) is 2.03. The fourth-order valence-electron chi connectivity index (χ4n) is 0.735. The number of aromatic hydroxyl groups is 1. The molecule has 0 spiro atoms. The molecule has 0 radical (unpaired) electrons. The van der Waals surface area contributed by atoms with E-state index in [-0.39, 0.29) is 18.2 Å². The van der Waals surface area contributed by atoms with Gasteiger partial charge in [-0.15, -0.1) is 12.4 Å². The summed E-state index contributed by atoms with van der Waals surface area (Å²) in [6.45, 7) is 0. The van der Waals surface area contributed by atoms with Crippen LogP contribution in [0.4, 0.5) is 0 Å². The number of hydrogen-bond donors (Lipinski definition) is 2. The van der Waals surface area contributed by atoms with Crippen LogP contribution in [-0.4, -0.2) is 11.3 Å². The maximum Gasteiger partial charge on any atom is 0.125 e. The molecule has 0 aromatic heterocycles. The largest absolute Gasteiger partial charge is 0.507 e. The molecule has 3 nitrogen and oxygen atoms in total. The Hall–Kier alpha value is -1.53. The van der Waals surface area contributed by atoms with E-state index in [2.05, 4.69) is 0 Å². The van der Waals surface area contributed by atoms with Crippen LogP contribution in [0.25, 0.3) is 0 Å². The van der Waals surface area contributed by atoms with Gasteiger partial charge in [0.05, 0.1) is 11.6 Å². The molecular weight excluding hydrogens is 176 g/mol. The van der Waals surface area contributed by atoms with E-state index in [9.17, 15) is 0 Å². The van der Waals surface area contributed by atoms with Gasteiger partial charge in [0.15, 0.2) is 0 Å². The topological polar surface area (TPSA) is 67.9 Å². The molecule has 1 aromatic rings. The van der Waals surface area contributed by atoms with Gasteiger partial charge in [-0.3, -0.25) is 0 Å². The Morgan fingerprint density at radius 3 is 2.58 bits per heavy atom. The van der Waals surface area contributed by atoms with Crippen molar-refractivity contribution in [3.63, 3.8) is 0 Å². The maximum absolute atomic E-state index is 9.12. The Labute approximate surface area is 76.2 Å². The van der Waals surface area contributed by atoms with Crippen LogP contribution >= 0.6 is 12.4 Å². The predicted molar refractivity (Wildman–Crippen MR) is 48.0 cm³/mol. The first-order valence-electron chi connectivity index (χ1n) is 3.01. The summed E-state index contributed by atoms with van der Waals surface area (Å²) in [7, 11) is 0. The summed E-state index contributed by atoms with van der Waals surface area (Å²) in [6, 6.07) is 6.30. The molecule has 0 unspecified atom stereocenters. The van der Waals surface area contributed by atoms with Crippen molar-refractivity contribution in [3.05, 3.63) is 29.3 Å². The van der Waals surface area contributed by atoms with E-state index in [0.717, 1.165) is 6.21 Å². The number of halogens is 1. The van der Waals surface area contributed by atoms with E-state index in [4.69, 9.17) is 15.8 Å². The van der Waals surface area contributed by atoms with Crippen molar-refractivity contribution in [2.75, 3.05) is 0 Å². The van der Waals surface area contributed by atoms with E-state index in [1.165, 1.54) is 12.1 Å². The molecule has 62 valence electrons. The highest BCUT2D eigenvalue weighted by Crippen LogP contribution is 2.15. The van der Waals surface area contributed by atoms with Crippen LogP contribution in [0.1, 0.15) is 11.1 Å². The second-order valence-electron chi connectivity index (χ2n) is 2.03. The van der Waals surface area contributed by atoms with Crippen molar-refractivity contribution < 1.29 is 5.11 Å². The summed E-state index contributed by atoms with van der Waals surface area (Å²) >= 11 is 0. The summed E-state index contributed by atoms with van der Waals surface area (Å²) in [5, 5.41) is 24.4. The smallest absolute Gasteiger partial charge is 0.125 e. The van der Waals surface area contributed by atoms with Crippen LogP contribution < -0.4 is 0 Å². The van der Waals surface area contributed by atoms with Gasteiger partial charge in [-0.1, -0.05) is 0 Å². The third-order valence-electron chi connectivity index (χ3n) is 1.32. The second kappa shape index (κ2) is 4.37. The molecule has 1 rings (SSSR count). The van der Waals surface area contributed by atoms with Crippen molar-refractivity contribution in [3.8, 4) is 11.8 Å². The molecule has 2 N–H and O–H groups in total. The van der Waals surface area contributed by atoms with Crippen molar-refractivity contribution in [1.82, 2.24) is 0 Å². The van der Waals surface area contributed by atoms with Crippen LogP contribution in [0.3, 0.4) is 0 Å². The zero-order valence-corrected chi connectivity index (χ0v) is 6.93. The molecule has 12 heavy (non-hydrogen) atoms. The van der Waals surface area contributed by atoms with Crippen molar-refractivity contribution in [2.24, 2.45) is 0 Å². The molecule has 0 bridgehead atoms. The molecule has 0 atom stereocenters. The normalized spacial score (nSPS) is 7.92. The van der Waals surface area contributed by atoms with Gasteiger partial charge in [-0.05, 0) is 18.2 Å². The Morgan fingerprint density at radius 1 is 1.50 bits per heavy atom. The first-order chi connectivity index (χ1) is 5.27. The molecule has 0 amide bonds. The van der Waals surface area contributed by atoms with Crippen LogP contribution in [-0.2, 0) is 0 Å². The third kappa shape index (κ3) is 1.97. The number of nitriles is 1. The highest BCUT2D eigenvalue weighted by molar-refractivity contribution is 5.85. The summed E-state index contributed by atoms with van der Waals surface area (Å²) < 4.78 is 0.